The van der Waals surface area contributed by atoms with E-state index in [1.807, 2.05) is 48.5 Å². The summed E-state index contributed by atoms with van der Waals surface area (Å²) in [5.74, 6) is 0.762. The van der Waals surface area contributed by atoms with E-state index in [9.17, 15) is 4.79 Å². The first-order valence-corrected chi connectivity index (χ1v) is 7.01. The van der Waals surface area contributed by atoms with E-state index in [4.69, 9.17) is 4.74 Å². The highest BCUT2D eigenvalue weighted by atomic mass is 16.5. The highest BCUT2D eigenvalue weighted by Crippen LogP contribution is 2.34. The maximum absolute atomic E-state index is 11.7. The Morgan fingerprint density at radius 2 is 1.90 bits per heavy atom. The number of hydrogen-bond acceptors (Lipinski definition) is 2. The van der Waals surface area contributed by atoms with E-state index < -0.39 is 0 Å². The Morgan fingerprint density at radius 3 is 2.52 bits per heavy atom. The second-order valence-corrected chi connectivity index (χ2v) is 4.87. The van der Waals surface area contributed by atoms with Crippen molar-refractivity contribution < 1.29 is 9.53 Å². The average Bonchev–Trinajstić information content (AvgIpc) is 2.88. The van der Waals surface area contributed by atoms with E-state index in [-0.39, 0.29) is 0 Å². The topological polar surface area (TPSA) is 31.2 Å². The van der Waals surface area contributed by atoms with Gasteiger partial charge in [0.05, 0.1) is 12.8 Å². The Bertz CT molecular complexity index is 788. The van der Waals surface area contributed by atoms with E-state index in [0.717, 1.165) is 46.3 Å². The third-order valence-electron chi connectivity index (χ3n) is 3.79. The lowest BCUT2D eigenvalue weighted by Gasteiger charge is -2.08. The summed E-state index contributed by atoms with van der Waals surface area (Å²) in [6.07, 6.45) is 0.941. The Hall–Kier alpha value is -2.55. The van der Waals surface area contributed by atoms with E-state index >= 15 is 0 Å². The van der Waals surface area contributed by atoms with Crippen molar-refractivity contribution in [3.63, 3.8) is 0 Å². The minimum absolute atomic E-state index is 0.719. The number of carbonyl (C=O) groups excluding carboxylic acids is 1. The zero-order valence-electron chi connectivity index (χ0n) is 12.2. The van der Waals surface area contributed by atoms with Gasteiger partial charge in [-0.2, -0.15) is 0 Å². The number of hydrogen-bond donors (Lipinski definition) is 0. The highest BCUT2D eigenvalue weighted by molar-refractivity contribution is 6.05. The molecule has 106 valence electrons. The van der Waals surface area contributed by atoms with Gasteiger partial charge in [0, 0.05) is 23.0 Å². The van der Waals surface area contributed by atoms with Gasteiger partial charge in [-0.1, -0.05) is 30.3 Å². The van der Waals surface area contributed by atoms with Gasteiger partial charge in [-0.15, -0.1) is 0 Å². The van der Waals surface area contributed by atoms with Crippen LogP contribution >= 0.6 is 0 Å². The van der Waals surface area contributed by atoms with E-state index in [0.29, 0.717) is 0 Å². The summed E-state index contributed by atoms with van der Waals surface area (Å²) in [6, 6.07) is 15.9. The molecule has 0 atom stereocenters. The average molecular weight is 279 g/mol. The van der Waals surface area contributed by atoms with Gasteiger partial charge in [-0.25, -0.2) is 0 Å². The fourth-order valence-corrected chi connectivity index (χ4v) is 2.84. The largest absolute Gasteiger partial charge is 0.497 e. The summed E-state index contributed by atoms with van der Waals surface area (Å²) >= 11 is 0. The van der Waals surface area contributed by atoms with Gasteiger partial charge >= 0.3 is 0 Å². The molecule has 1 heterocycles. The van der Waals surface area contributed by atoms with Crippen LogP contribution in [-0.2, 0) is 6.54 Å². The number of rotatable bonds is 4. The lowest BCUT2D eigenvalue weighted by Crippen LogP contribution is -1.97. The van der Waals surface area contributed by atoms with E-state index in [1.54, 1.807) is 7.11 Å². The lowest BCUT2D eigenvalue weighted by atomic mass is 10.1. The van der Waals surface area contributed by atoms with Crippen LogP contribution in [0.4, 0.5) is 0 Å². The highest BCUT2D eigenvalue weighted by Gasteiger charge is 2.17. The van der Waals surface area contributed by atoms with Crippen LogP contribution < -0.4 is 4.74 Å². The van der Waals surface area contributed by atoms with Crippen molar-refractivity contribution in [2.24, 2.45) is 0 Å². The molecule has 0 aliphatic heterocycles. The third kappa shape index (κ3) is 2.11. The van der Waals surface area contributed by atoms with Crippen LogP contribution in [-0.4, -0.2) is 18.0 Å². The van der Waals surface area contributed by atoms with Crippen LogP contribution in [0.3, 0.4) is 0 Å². The second kappa shape index (κ2) is 5.44. The van der Waals surface area contributed by atoms with Gasteiger partial charge in [0.1, 0.15) is 5.75 Å². The molecule has 0 bridgehead atoms. The molecule has 21 heavy (non-hydrogen) atoms. The molecule has 3 heteroatoms. The first-order chi connectivity index (χ1) is 10.3. The number of aldehydes is 1. The van der Waals surface area contributed by atoms with Crippen LogP contribution in [0.1, 0.15) is 17.3 Å². The molecule has 0 saturated carbocycles. The van der Waals surface area contributed by atoms with Gasteiger partial charge < -0.3 is 9.30 Å². The van der Waals surface area contributed by atoms with Gasteiger partial charge in [0.2, 0.25) is 0 Å². The zero-order valence-corrected chi connectivity index (χ0v) is 12.2. The molecule has 0 fully saturated rings. The SMILES string of the molecule is CCn1c(-c2ccccc2)c(C=O)c2cc(OC)ccc21. The maximum Gasteiger partial charge on any atom is 0.152 e. The number of aryl methyl sites for hydroxylation is 1. The molecule has 0 amide bonds. The summed E-state index contributed by atoms with van der Waals surface area (Å²) in [6.45, 7) is 2.89. The number of fused-ring (bicyclic) bond motifs is 1. The molecule has 3 nitrogen and oxygen atoms in total. The molecule has 0 saturated heterocycles. The minimum atomic E-state index is 0.719. The smallest absolute Gasteiger partial charge is 0.152 e. The van der Waals surface area contributed by atoms with Crippen LogP contribution in [0.2, 0.25) is 0 Å². The first kappa shape index (κ1) is 13.4. The van der Waals surface area contributed by atoms with Crippen molar-refractivity contribution in [1.82, 2.24) is 4.57 Å². The molecule has 2 aromatic carbocycles. The third-order valence-corrected chi connectivity index (χ3v) is 3.79. The quantitative estimate of drug-likeness (QED) is 0.672. The predicted octanol–water partition coefficient (Wildman–Crippen LogP) is 4.15. The monoisotopic (exact) mass is 279 g/mol. The molecule has 0 aliphatic carbocycles. The Labute approximate surface area is 123 Å². The van der Waals surface area contributed by atoms with Crippen LogP contribution in [0, 0.1) is 0 Å². The second-order valence-electron chi connectivity index (χ2n) is 4.87. The molecular weight excluding hydrogens is 262 g/mol. The molecule has 1 aromatic heterocycles. The molecule has 0 unspecified atom stereocenters. The summed E-state index contributed by atoms with van der Waals surface area (Å²) in [4.78, 5) is 11.7. The van der Waals surface area contributed by atoms with Crippen LogP contribution in [0.15, 0.2) is 48.5 Å². The predicted molar refractivity (Wildman–Crippen MR) is 85.0 cm³/mol. The summed E-state index contributed by atoms with van der Waals surface area (Å²) in [7, 11) is 1.64. The molecule has 3 rings (SSSR count). The standard InChI is InChI=1S/C18H17NO2/c1-3-19-17-10-9-14(21-2)11-15(17)16(12-20)18(19)13-7-5-4-6-8-13/h4-12H,3H2,1-2H3. The Morgan fingerprint density at radius 1 is 1.14 bits per heavy atom. The van der Waals surface area contributed by atoms with Crippen molar-refractivity contribution in [1.29, 1.82) is 0 Å². The molecule has 0 N–H and O–H groups in total. The lowest BCUT2D eigenvalue weighted by molar-refractivity contribution is 0.112. The fourth-order valence-electron chi connectivity index (χ4n) is 2.84. The molecular formula is C18H17NO2. The molecule has 3 aromatic rings. The maximum atomic E-state index is 11.7. The molecule has 0 aliphatic rings. The Kier molecular flexibility index (Phi) is 3.48. The number of methoxy groups -OCH3 is 1. The van der Waals surface area contributed by atoms with E-state index in [2.05, 4.69) is 11.5 Å². The number of benzene rings is 2. The normalized spacial score (nSPS) is 10.8. The zero-order chi connectivity index (χ0) is 14.8. The minimum Gasteiger partial charge on any atom is -0.497 e. The molecule has 0 spiro atoms. The van der Waals surface area contributed by atoms with Crippen molar-refractivity contribution in [3.05, 3.63) is 54.1 Å². The van der Waals surface area contributed by atoms with Gasteiger partial charge in [0.25, 0.3) is 0 Å². The van der Waals surface area contributed by atoms with Gasteiger partial charge in [0.15, 0.2) is 6.29 Å². The van der Waals surface area contributed by atoms with Gasteiger partial charge in [-0.05, 0) is 30.7 Å². The number of nitrogens with zero attached hydrogens (tertiary/aromatic N) is 1. The first-order valence-electron chi connectivity index (χ1n) is 7.01. The number of carbonyl (C=O) groups is 1. The van der Waals surface area contributed by atoms with Crippen LogP contribution in [0.5, 0.6) is 5.75 Å². The number of aromatic nitrogens is 1. The summed E-state index contributed by atoms with van der Waals surface area (Å²) < 4.78 is 7.46. The van der Waals surface area contributed by atoms with Crippen LogP contribution in [0.25, 0.3) is 22.2 Å². The van der Waals surface area contributed by atoms with Crippen molar-refractivity contribution in [3.8, 4) is 17.0 Å². The Balaban J connectivity index is 2.40. The summed E-state index contributed by atoms with van der Waals surface area (Å²) in [5, 5.41) is 0.935. The van der Waals surface area contributed by atoms with Crippen molar-refractivity contribution in [2.75, 3.05) is 7.11 Å². The molecule has 0 radical (unpaired) electrons. The van der Waals surface area contributed by atoms with Crippen molar-refractivity contribution in [2.45, 2.75) is 13.5 Å². The fraction of sp³-hybridized carbons (Fsp3) is 0.167. The van der Waals surface area contributed by atoms with Gasteiger partial charge in [-0.3, -0.25) is 4.79 Å². The summed E-state index contributed by atoms with van der Waals surface area (Å²) in [5.41, 5.74) is 3.80. The number of ether oxygens (including phenoxy) is 1. The van der Waals surface area contributed by atoms with Crippen molar-refractivity contribution >= 4 is 17.2 Å². The van der Waals surface area contributed by atoms with E-state index in [1.165, 1.54) is 0 Å².